The molecule has 0 N–H and O–H groups in total. The van der Waals surface area contributed by atoms with Crippen LogP contribution >= 0.6 is 27.7 Å². The van der Waals surface area contributed by atoms with Crippen molar-refractivity contribution in [3.8, 4) is 0 Å². The van der Waals surface area contributed by atoms with Gasteiger partial charge in [-0.05, 0) is 24.1 Å². The minimum Gasteiger partial charge on any atom is -0.258 e. The number of aryl methyl sites for hydroxylation is 1. The zero-order valence-corrected chi connectivity index (χ0v) is 17.6. The van der Waals surface area contributed by atoms with Crippen LogP contribution in [0.2, 0.25) is 0 Å². The summed E-state index contributed by atoms with van der Waals surface area (Å²) in [5.74, 6) is 1.51. The van der Waals surface area contributed by atoms with E-state index in [2.05, 4.69) is 50.3 Å². The van der Waals surface area contributed by atoms with E-state index in [1.165, 1.54) is 17.7 Å². The fourth-order valence-corrected chi connectivity index (χ4v) is 3.58. The summed E-state index contributed by atoms with van der Waals surface area (Å²) in [6.45, 7) is 2.07. The molecule has 3 aromatic rings. The molecule has 0 saturated carbocycles. The largest absolute Gasteiger partial charge is 0.270 e. The van der Waals surface area contributed by atoms with E-state index >= 15 is 0 Å². The summed E-state index contributed by atoms with van der Waals surface area (Å²) in [7, 11) is 0. The van der Waals surface area contributed by atoms with Gasteiger partial charge in [-0.2, -0.15) is 9.78 Å². The highest BCUT2D eigenvalue weighted by atomic mass is 79.9. The molecule has 7 nitrogen and oxygen atoms in total. The van der Waals surface area contributed by atoms with Gasteiger partial charge in [-0.3, -0.25) is 10.1 Å². The van der Waals surface area contributed by atoms with Crippen molar-refractivity contribution in [2.45, 2.75) is 30.7 Å². The predicted molar refractivity (Wildman–Crippen MR) is 114 cm³/mol. The van der Waals surface area contributed by atoms with Crippen LogP contribution in [0.4, 0.5) is 5.69 Å². The fraction of sp³-hybridized carbons (Fsp3) is 0.211. The number of nitrogens with zero attached hydrogens (tertiary/aromatic N) is 5. The first-order chi connectivity index (χ1) is 13.6. The molecular weight excluding hydrogens is 442 g/mol. The van der Waals surface area contributed by atoms with E-state index in [1.807, 2.05) is 12.1 Å². The smallest absolute Gasteiger partial charge is 0.258 e. The van der Waals surface area contributed by atoms with Crippen LogP contribution in [0.5, 0.6) is 0 Å². The van der Waals surface area contributed by atoms with Gasteiger partial charge >= 0.3 is 0 Å². The molecule has 0 saturated heterocycles. The van der Waals surface area contributed by atoms with Crippen LogP contribution in [-0.2, 0) is 12.2 Å². The maximum atomic E-state index is 10.9. The Morgan fingerprint density at radius 1 is 1.25 bits per heavy atom. The van der Waals surface area contributed by atoms with Crippen LogP contribution in [0.3, 0.4) is 0 Å². The van der Waals surface area contributed by atoms with Crippen LogP contribution in [0, 0.1) is 10.1 Å². The maximum absolute atomic E-state index is 10.9. The van der Waals surface area contributed by atoms with Crippen LogP contribution in [0.1, 0.15) is 30.3 Å². The van der Waals surface area contributed by atoms with Crippen molar-refractivity contribution in [2.24, 2.45) is 5.10 Å². The molecule has 3 rings (SSSR count). The number of nitro groups is 1. The van der Waals surface area contributed by atoms with Gasteiger partial charge in [0.25, 0.3) is 5.69 Å². The van der Waals surface area contributed by atoms with E-state index < -0.39 is 4.92 Å². The Hall–Kier alpha value is -2.52. The number of thioether (sulfide) groups is 1. The van der Waals surface area contributed by atoms with Crippen LogP contribution in [0.15, 0.2) is 63.3 Å². The molecule has 28 heavy (non-hydrogen) atoms. The molecule has 144 valence electrons. The van der Waals surface area contributed by atoms with Crippen molar-refractivity contribution in [1.29, 1.82) is 0 Å². The third-order valence-electron chi connectivity index (χ3n) is 3.83. The first-order valence-corrected chi connectivity index (χ1v) is 10.4. The average Bonchev–Trinajstić information content (AvgIpc) is 3.08. The Balaban J connectivity index is 1.82. The van der Waals surface area contributed by atoms with Crippen molar-refractivity contribution in [3.63, 3.8) is 0 Å². The Labute approximate surface area is 175 Å². The molecule has 0 aliphatic heterocycles. The Kier molecular flexibility index (Phi) is 6.94. The SMILES string of the molecule is CCCc1nnc(SCc2ccc(Br)cc2)n1/N=C/c1cccc([N+](=O)[O-])c1. The third-order valence-corrected chi connectivity index (χ3v) is 5.35. The molecule has 0 unspecified atom stereocenters. The van der Waals surface area contributed by atoms with E-state index in [9.17, 15) is 10.1 Å². The molecule has 1 aromatic heterocycles. The van der Waals surface area contributed by atoms with Gasteiger partial charge in [0.15, 0.2) is 5.82 Å². The summed E-state index contributed by atoms with van der Waals surface area (Å²) >= 11 is 4.98. The normalized spacial score (nSPS) is 11.2. The topological polar surface area (TPSA) is 86.2 Å². The standard InChI is InChI=1S/C19H18BrN5O2S/c1-2-4-18-22-23-19(28-13-14-7-9-16(20)10-8-14)24(18)21-12-15-5-3-6-17(11-15)25(26)27/h3,5-12H,2,4,13H2,1H3/b21-12+. The Bertz CT molecular complexity index is 988. The van der Waals surface area contributed by atoms with Crippen molar-refractivity contribution in [3.05, 3.63) is 80.1 Å². The predicted octanol–water partition coefficient (Wildman–Crippen LogP) is 5.08. The van der Waals surface area contributed by atoms with Gasteiger partial charge in [-0.25, -0.2) is 0 Å². The van der Waals surface area contributed by atoms with Gasteiger partial charge < -0.3 is 0 Å². The quantitative estimate of drug-likeness (QED) is 0.203. The number of non-ortho nitro benzene ring substituents is 1. The fourth-order valence-electron chi connectivity index (χ4n) is 2.45. The zero-order valence-electron chi connectivity index (χ0n) is 15.2. The summed E-state index contributed by atoms with van der Waals surface area (Å²) in [5.41, 5.74) is 1.85. The summed E-state index contributed by atoms with van der Waals surface area (Å²) in [5, 5.41) is 24.7. The van der Waals surface area contributed by atoms with Gasteiger partial charge in [0.05, 0.1) is 11.1 Å². The second-order valence-electron chi connectivity index (χ2n) is 5.97. The second kappa shape index (κ2) is 9.61. The van der Waals surface area contributed by atoms with Crippen LogP contribution < -0.4 is 0 Å². The number of hydrogen-bond acceptors (Lipinski definition) is 6. The Morgan fingerprint density at radius 2 is 2.04 bits per heavy atom. The lowest BCUT2D eigenvalue weighted by Gasteiger charge is -2.04. The van der Waals surface area contributed by atoms with E-state index in [-0.39, 0.29) is 5.69 Å². The first-order valence-electron chi connectivity index (χ1n) is 8.67. The minimum atomic E-state index is -0.419. The average molecular weight is 460 g/mol. The lowest BCUT2D eigenvalue weighted by molar-refractivity contribution is -0.384. The summed E-state index contributed by atoms with van der Waals surface area (Å²) in [6, 6.07) is 14.5. The molecule has 2 aromatic carbocycles. The number of rotatable bonds is 8. The van der Waals surface area contributed by atoms with Crippen molar-refractivity contribution in [1.82, 2.24) is 14.9 Å². The molecule has 0 bridgehead atoms. The molecule has 1 heterocycles. The number of halogens is 1. The first kappa shape index (κ1) is 20.2. The Morgan fingerprint density at radius 3 is 2.75 bits per heavy atom. The zero-order chi connectivity index (χ0) is 19.9. The van der Waals surface area contributed by atoms with Gasteiger partial charge in [-0.15, -0.1) is 10.2 Å². The van der Waals surface area contributed by atoms with Crippen molar-refractivity contribution >= 4 is 39.6 Å². The van der Waals surface area contributed by atoms with E-state index in [1.54, 1.807) is 34.8 Å². The van der Waals surface area contributed by atoms with Crippen LogP contribution in [-0.4, -0.2) is 26.0 Å². The molecule has 0 fully saturated rings. The second-order valence-corrected chi connectivity index (χ2v) is 7.83. The van der Waals surface area contributed by atoms with Crippen LogP contribution in [0.25, 0.3) is 0 Å². The lowest BCUT2D eigenvalue weighted by Crippen LogP contribution is -2.00. The number of aromatic nitrogens is 3. The highest BCUT2D eigenvalue weighted by Gasteiger charge is 2.12. The summed E-state index contributed by atoms with van der Waals surface area (Å²) in [4.78, 5) is 10.5. The van der Waals surface area contributed by atoms with E-state index in [0.29, 0.717) is 10.7 Å². The maximum Gasteiger partial charge on any atom is 0.270 e. The molecule has 9 heteroatoms. The molecule has 0 amide bonds. The molecular formula is C19H18BrN5O2S. The number of benzene rings is 2. The molecule has 0 spiro atoms. The monoisotopic (exact) mass is 459 g/mol. The third kappa shape index (κ3) is 5.26. The number of hydrogen-bond donors (Lipinski definition) is 0. The summed E-state index contributed by atoms with van der Waals surface area (Å²) < 4.78 is 2.75. The molecule has 0 atom stereocenters. The lowest BCUT2D eigenvalue weighted by atomic mass is 10.2. The highest BCUT2D eigenvalue weighted by Crippen LogP contribution is 2.23. The van der Waals surface area contributed by atoms with Gasteiger partial charge in [0, 0.05) is 34.3 Å². The van der Waals surface area contributed by atoms with E-state index in [0.717, 1.165) is 28.9 Å². The van der Waals surface area contributed by atoms with Gasteiger partial charge in [0.1, 0.15) is 0 Å². The van der Waals surface area contributed by atoms with Crippen molar-refractivity contribution in [2.75, 3.05) is 0 Å². The van der Waals surface area contributed by atoms with E-state index in [4.69, 9.17) is 0 Å². The molecule has 0 aliphatic carbocycles. The molecule has 0 radical (unpaired) electrons. The summed E-state index contributed by atoms with van der Waals surface area (Å²) in [6.07, 6.45) is 3.26. The van der Waals surface area contributed by atoms with Crippen molar-refractivity contribution < 1.29 is 4.92 Å². The van der Waals surface area contributed by atoms with Gasteiger partial charge in [0.2, 0.25) is 5.16 Å². The van der Waals surface area contributed by atoms with Gasteiger partial charge in [-0.1, -0.05) is 58.9 Å². The minimum absolute atomic E-state index is 0.0336. The highest BCUT2D eigenvalue weighted by molar-refractivity contribution is 9.10. The molecule has 0 aliphatic rings. The number of nitro benzene ring substituents is 1.